The van der Waals surface area contributed by atoms with Gasteiger partial charge in [0.05, 0.1) is 11.1 Å². The van der Waals surface area contributed by atoms with Crippen LogP contribution in [0, 0.1) is 5.82 Å². The Hall–Kier alpha value is -0.490. The van der Waals surface area contributed by atoms with Crippen LogP contribution in [0.4, 0.5) is 4.39 Å². The topological polar surface area (TPSA) is 37.4 Å². The van der Waals surface area contributed by atoms with Crippen LogP contribution in [0.2, 0.25) is 0 Å². The Morgan fingerprint density at radius 3 is 2.35 bits per heavy atom. The van der Waals surface area contributed by atoms with Gasteiger partial charge >= 0.3 is 0 Å². The molecule has 1 aliphatic rings. The van der Waals surface area contributed by atoms with E-state index in [2.05, 4.69) is 0 Å². The predicted molar refractivity (Wildman–Crippen MR) is 64.8 cm³/mol. The van der Waals surface area contributed by atoms with Crippen LogP contribution >= 0.6 is 46.8 Å². The molecule has 90 valence electrons. The molecule has 3 nitrogen and oxygen atoms in total. The van der Waals surface area contributed by atoms with Crippen LogP contribution < -0.4 is 0 Å². The summed E-state index contributed by atoms with van der Waals surface area (Å²) < 4.78 is 12.2. The van der Waals surface area contributed by atoms with Gasteiger partial charge in [-0.05, 0) is 12.1 Å². The fourth-order valence-corrected chi connectivity index (χ4v) is 2.59. The first kappa shape index (κ1) is 13.0. The first-order valence-corrected chi connectivity index (χ1v) is 6.15. The molecule has 0 saturated carbocycles. The van der Waals surface area contributed by atoms with Crippen LogP contribution in [0.5, 0.6) is 0 Å². The van der Waals surface area contributed by atoms with Crippen molar-refractivity contribution in [2.75, 3.05) is 0 Å². The Kier molecular flexibility index (Phi) is 3.29. The van der Waals surface area contributed by atoms with Gasteiger partial charge in [0, 0.05) is 11.9 Å². The molecule has 1 aromatic rings. The number of alkyl halides is 3. The van der Waals surface area contributed by atoms with Crippen molar-refractivity contribution in [3.05, 3.63) is 35.1 Å². The zero-order valence-electron chi connectivity index (χ0n) is 7.92. The first-order valence-electron chi connectivity index (χ1n) is 4.24. The van der Waals surface area contributed by atoms with Crippen LogP contribution in [0.3, 0.4) is 0 Å². The summed E-state index contributed by atoms with van der Waals surface area (Å²) in [6.07, 6.45) is 0. The third kappa shape index (κ3) is 2.38. The minimum Gasteiger partial charge on any atom is -0.268 e. The second-order valence-electron chi connectivity index (χ2n) is 3.10. The number of hydrogen-bond acceptors (Lipinski definition) is 3. The molecule has 1 aromatic carbocycles. The van der Waals surface area contributed by atoms with Crippen molar-refractivity contribution < 1.29 is 14.0 Å². The highest BCUT2D eigenvalue weighted by Crippen LogP contribution is 2.44. The van der Waals surface area contributed by atoms with Gasteiger partial charge in [0.15, 0.2) is 0 Å². The average Bonchev–Trinajstić information content (AvgIpc) is 2.43. The molecule has 0 fully saturated rings. The number of nitrogens with zero attached hydrogens (tertiary/aromatic N) is 1. The van der Waals surface area contributed by atoms with Crippen molar-refractivity contribution in [3.63, 3.8) is 0 Å². The lowest BCUT2D eigenvalue weighted by Crippen LogP contribution is -2.25. The van der Waals surface area contributed by atoms with Crippen LogP contribution in [0.1, 0.15) is 20.7 Å². The van der Waals surface area contributed by atoms with E-state index in [1.54, 1.807) is 0 Å². The second kappa shape index (κ2) is 4.31. The first-order chi connectivity index (χ1) is 7.81. The molecular weight excluding hydrogens is 312 g/mol. The Labute approximate surface area is 115 Å². The van der Waals surface area contributed by atoms with Crippen molar-refractivity contribution in [2.45, 2.75) is 3.12 Å². The summed E-state index contributed by atoms with van der Waals surface area (Å²) in [7, 11) is 0. The summed E-state index contributed by atoms with van der Waals surface area (Å²) in [5.41, 5.74) is -0.323. The highest BCUT2D eigenvalue weighted by molar-refractivity contribution is 8.03. The van der Waals surface area contributed by atoms with Crippen molar-refractivity contribution >= 4 is 58.6 Å². The number of hydrogen-bond donors (Lipinski definition) is 0. The molecule has 2 amide bonds. The molecule has 0 aromatic heterocycles. The maximum Gasteiger partial charge on any atom is 0.274 e. The zero-order valence-corrected chi connectivity index (χ0v) is 11.0. The number of rotatable bonds is 1. The van der Waals surface area contributed by atoms with Crippen molar-refractivity contribution in [1.29, 1.82) is 0 Å². The molecule has 8 heteroatoms. The Bertz CT molecular complexity index is 517. The highest BCUT2D eigenvalue weighted by Gasteiger charge is 2.42. The summed E-state index contributed by atoms with van der Waals surface area (Å²) in [5.74, 6) is -2.28. The lowest BCUT2D eigenvalue weighted by atomic mass is 10.1. The third-order valence-electron chi connectivity index (χ3n) is 2.02. The van der Waals surface area contributed by atoms with Crippen LogP contribution in [0.15, 0.2) is 18.2 Å². The van der Waals surface area contributed by atoms with E-state index in [0.717, 1.165) is 6.07 Å². The number of carbonyl (C=O) groups excluding carboxylic acids is 2. The summed E-state index contributed by atoms with van der Waals surface area (Å²) in [6, 6.07) is 3.77. The molecule has 1 aliphatic heterocycles. The molecule has 1 heterocycles. The van der Waals surface area contributed by atoms with E-state index in [-0.39, 0.29) is 11.1 Å². The molecule has 0 unspecified atom stereocenters. The van der Waals surface area contributed by atoms with E-state index in [9.17, 15) is 14.0 Å². The minimum atomic E-state index is -1.87. The fourth-order valence-electron chi connectivity index (χ4n) is 1.41. The number of halogens is 4. The minimum absolute atomic E-state index is 0.0308. The summed E-state index contributed by atoms with van der Waals surface area (Å²) in [4.78, 5) is 23.6. The van der Waals surface area contributed by atoms with Gasteiger partial charge in [0.25, 0.3) is 14.9 Å². The van der Waals surface area contributed by atoms with Crippen LogP contribution in [-0.4, -0.2) is 19.2 Å². The molecule has 17 heavy (non-hydrogen) atoms. The molecule has 0 aliphatic carbocycles. The summed E-state index contributed by atoms with van der Waals surface area (Å²) in [6.45, 7) is 0. The molecule has 0 atom stereocenters. The molecule has 0 radical (unpaired) electrons. The van der Waals surface area contributed by atoms with Crippen molar-refractivity contribution in [3.8, 4) is 0 Å². The number of benzene rings is 1. The molecule has 0 bridgehead atoms. The monoisotopic (exact) mass is 313 g/mol. The predicted octanol–water partition coefficient (Wildman–Crippen LogP) is 3.40. The summed E-state index contributed by atoms with van der Waals surface area (Å²) >= 11 is 16.9. The Morgan fingerprint density at radius 2 is 1.82 bits per heavy atom. The van der Waals surface area contributed by atoms with Gasteiger partial charge in [-0.25, -0.2) is 8.70 Å². The maximum absolute atomic E-state index is 13.4. The van der Waals surface area contributed by atoms with Gasteiger partial charge in [-0.1, -0.05) is 40.9 Å². The number of fused-ring (bicyclic) bond motifs is 1. The van der Waals surface area contributed by atoms with Crippen LogP contribution in [0.25, 0.3) is 0 Å². The number of carbonyl (C=O) groups is 2. The Balaban J connectivity index is 2.43. The third-order valence-corrected chi connectivity index (χ3v) is 3.36. The van der Waals surface area contributed by atoms with Gasteiger partial charge in [0.2, 0.25) is 0 Å². The van der Waals surface area contributed by atoms with E-state index in [0.29, 0.717) is 16.3 Å². The van der Waals surface area contributed by atoms with E-state index in [4.69, 9.17) is 34.8 Å². The fraction of sp³-hybridized carbons (Fsp3) is 0.111. The zero-order chi connectivity index (χ0) is 12.8. The lowest BCUT2D eigenvalue weighted by Gasteiger charge is -2.17. The maximum atomic E-state index is 13.4. The van der Waals surface area contributed by atoms with Gasteiger partial charge in [-0.2, -0.15) is 0 Å². The molecule has 0 spiro atoms. The van der Waals surface area contributed by atoms with E-state index in [1.165, 1.54) is 12.1 Å². The van der Waals surface area contributed by atoms with E-state index < -0.39 is 20.8 Å². The van der Waals surface area contributed by atoms with E-state index in [1.807, 2.05) is 0 Å². The van der Waals surface area contributed by atoms with Gasteiger partial charge in [-0.15, -0.1) is 0 Å². The van der Waals surface area contributed by atoms with Crippen molar-refractivity contribution in [1.82, 2.24) is 4.31 Å². The number of imide groups is 1. The van der Waals surface area contributed by atoms with Gasteiger partial charge in [-0.3, -0.25) is 9.59 Å². The molecular formula is C9H3Cl3FNO2S. The normalized spacial score (nSPS) is 15.4. The molecule has 2 rings (SSSR count). The molecule has 0 N–H and O–H groups in total. The highest BCUT2D eigenvalue weighted by atomic mass is 35.6. The van der Waals surface area contributed by atoms with E-state index >= 15 is 0 Å². The number of amides is 2. The quantitative estimate of drug-likeness (QED) is 0.453. The van der Waals surface area contributed by atoms with Crippen molar-refractivity contribution in [2.24, 2.45) is 0 Å². The largest absolute Gasteiger partial charge is 0.274 e. The average molecular weight is 315 g/mol. The lowest BCUT2D eigenvalue weighted by molar-refractivity contribution is 0.0776. The second-order valence-corrected chi connectivity index (χ2v) is 7.22. The summed E-state index contributed by atoms with van der Waals surface area (Å²) in [5, 5.41) is 0. The van der Waals surface area contributed by atoms with Gasteiger partial charge < -0.3 is 0 Å². The Morgan fingerprint density at radius 1 is 1.18 bits per heavy atom. The molecule has 0 saturated heterocycles. The van der Waals surface area contributed by atoms with Crippen LogP contribution in [-0.2, 0) is 0 Å². The smallest absolute Gasteiger partial charge is 0.268 e. The standard InChI is InChI=1S/C9H3Cl3FNO2S/c10-9(11,12)17-14-7(15)4-2-1-3-5(13)6(4)8(14)16/h1-3H. The SMILES string of the molecule is O=C1c2cccc(F)c2C(=O)N1SC(Cl)(Cl)Cl. The van der Waals surface area contributed by atoms with Gasteiger partial charge in [0.1, 0.15) is 5.82 Å².